The summed E-state index contributed by atoms with van der Waals surface area (Å²) in [5.41, 5.74) is 6.23. The third kappa shape index (κ3) is 3.99. The van der Waals surface area contributed by atoms with E-state index < -0.39 is 5.82 Å². The Labute approximate surface area is 129 Å². The van der Waals surface area contributed by atoms with Crippen molar-refractivity contribution in [2.75, 3.05) is 25.4 Å². The van der Waals surface area contributed by atoms with Gasteiger partial charge in [-0.05, 0) is 24.6 Å². The Hall–Kier alpha value is -1.51. The van der Waals surface area contributed by atoms with Crippen molar-refractivity contribution < 1.29 is 9.18 Å². The standard InChI is InChI=1S/C16H19FN2OS/c1-2-14-11-19(8-9-21-14)16(20)15-6-5-13(17)10-12(15)4-3-7-18/h5-6,10,14H,2,7-9,11,18H2,1H3. The number of benzene rings is 1. The van der Waals surface area contributed by atoms with Crippen molar-refractivity contribution in [1.29, 1.82) is 0 Å². The van der Waals surface area contributed by atoms with Gasteiger partial charge in [0.15, 0.2) is 0 Å². The summed E-state index contributed by atoms with van der Waals surface area (Å²) in [6, 6.07) is 4.11. The molecule has 0 radical (unpaired) electrons. The summed E-state index contributed by atoms with van der Waals surface area (Å²) in [4.78, 5) is 14.5. The van der Waals surface area contributed by atoms with E-state index in [0.29, 0.717) is 16.4 Å². The molecule has 0 saturated carbocycles. The molecular formula is C16H19FN2OS. The minimum Gasteiger partial charge on any atom is -0.337 e. The van der Waals surface area contributed by atoms with Crippen LogP contribution in [0.2, 0.25) is 0 Å². The average molecular weight is 306 g/mol. The summed E-state index contributed by atoms with van der Waals surface area (Å²) in [5, 5.41) is 0.474. The molecule has 5 heteroatoms. The Morgan fingerprint density at radius 1 is 1.57 bits per heavy atom. The maximum Gasteiger partial charge on any atom is 0.255 e. The van der Waals surface area contributed by atoms with Gasteiger partial charge in [-0.25, -0.2) is 4.39 Å². The molecule has 1 amide bonds. The highest BCUT2D eigenvalue weighted by molar-refractivity contribution is 8.00. The summed E-state index contributed by atoms with van der Waals surface area (Å²) in [6.45, 7) is 3.77. The number of thioether (sulfide) groups is 1. The van der Waals surface area contributed by atoms with Crippen LogP contribution in [0.3, 0.4) is 0 Å². The molecule has 112 valence electrons. The second-order valence-electron chi connectivity index (χ2n) is 4.85. The molecule has 0 bridgehead atoms. The highest BCUT2D eigenvalue weighted by Crippen LogP contribution is 2.23. The monoisotopic (exact) mass is 306 g/mol. The lowest BCUT2D eigenvalue weighted by Crippen LogP contribution is -2.42. The highest BCUT2D eigenvalue weighted by Gasteiger charge is 2.25. The Bertz CT molecular complexity index is 579. The molecule has 0 aliphatic carbocycles. The van der Waals surface area contributed by atoms with Crippen LogP contribution in [0.5, 0.6) is 0 Å². The molecule has 1 aliphatic heterocycles. The summed E-state index contributed by atoms with van der Waals surface area (Å²) in [7, 11) is 0. The molecule has 3 nitrogen and oxygen atoms in total. The van der Waals surface area contributed by atoms with Crippen LogP contribution in [0, 0.1) is 17.7 Å². The van der Waals surface area contributed by atoms with Gasteiger partial charge in [0.2, 0.25) is 0 Å². The molecule has 1 aromatic carbocycles. The molecule has 2 rings (SSSR count). The normalized spacial score (nSPS) is 18.0. The van der Waals surface area contributed by atoms with Crippen LogP contribution in [-0.4, -0.2) is 41.4 Å². The van der Waals surface area contributed by atoms with Crippen LogP contribution < -0.4 is 5.73 Å². The van der Waals surface area contributed by atoms with E-state index in [1.807, 2.05) is 16.7 Å². The number of nitrogens with two attached hydrogens (primary N) is 1. The quantitative estimate of drug-likeness (QED) is 0.851. The number of hydrogen-bond donors (Lipinski definition) is 1. The molecule has 0 spiro atoms. The SMILES string of the molecule is CCC1CN(C(=O)c2ccc(F)cc2C#CCN)CCS1. The van der Waals surface area contributed by atoms with Gasteiger partial charge in [-0.3, -0.25) is 4.79 Å². The minimum absolute atomic E-state index is 0.0740. The van der Waals surface area contributed by atoms with Gasteiger partial charge in [-0.2, -0.15) is 11.8 Å². The fourth-order valence-corrected chi connectivity index (χ4v) is 3.45. The first-order chi connectivity index (χ1) is 10.2. The van der Waals surface area contributed by atoms with Crippen molar-refractivity contribution in [3.05, 3.63) is 35.1 Å². The van der Waals surface area contributed by atoms with Crippen molar-refractivity contribution in [2.45, 2.75) is 18.6 Å². The number of amides is 1. The second-order valence-corrected chi connectivity index (χ2v) is 6.26. The molecule has 2 N–H and O–H groups in total. The number of halogens is 1. The van der Waals surface area contributed by atoms with Crippen LogP contribution in [0.4, 0.5) is 4.39 Å². The Morgan fingerprint density at radius 2 is 2.38 bits per heavy atom. The van der Waals surface area contributed by atoms with E-state index in [2.05, 4.69) is 18.8 Å². The fourth-order valence-electron chi connectivity index (χ4n) is 2.27. The van der Waals surface area contributed by atoms with Gasteiger partial charge in [0.1, 0.15) is 5.82 Å². The molecule has 1 aliphatic rings. The first kappa shape index (κ1) is 15.9. The first-order valence-corrected chi connectivity index (χ1v) is 8.10. The van der Waals surface area contributed by atoms with Gasteiger partial charge < -0.3 is 10.6 Å². The average Bonchev–Trinajstić information content (AvgIpc) is 2.52. The number of carbonyl (C=O) groups is 1. The number of hydrogen-bond acceptors (Lipinski definition) is 3. The Kier molecular flexibility index (Phi) is 5.66. The van der Waals surface area contributed by atoms with E-state index in [1.54, 1.807) is 0 Å². The van der Waals surface area contributed by atoms with E-state index in [-0.39, 0.29) is 12.5 Å². The van der Waals surface area contributed by atoms with Crippen molar-refractivity contribution >= 4 is 17.7 Å². The van der Waals surface area contributed by atoms with E-state index >= 15 is 0 Å². The van der Waals surface area contributed by atoms with Crippen LogP contribution in [-0.2, 0) is 0 Å². The zero-order valence-corrected chi connectivity index (χ0v) is 12.9. The number of rotatable bonds is 2. The topological polar surface area (TPSA) is 46.3 Å². The van der Waals surface area contributed by atoms with Crippen molar-refractivity contribution in [3.63, 3.8) is 0 Å². The number of carbonyl (C=O) groups excluding carboxylic acids is 1. The van der Waals surface area contributed by atoms with E-state index in [4.69, 9.17) is 5.73 Å². The predicted molar refractivity (Wildman–Crippen MR) is 84.8 cm³/mol. The van der Waals surface area contributed by atoms with Crippen LogP contribution in [0.1, 0.15) is 29.3 Å². The summed E-state index contributed by atoms with van der Waals surface area (Å²) < 4.78 is 13.4. The van der Waals surface area contributed by atoms with E-state index in [1.165, 1.54) is 18.2 Å². The molecule has 1 heterocycles. The highest BCUT2D eigenvalue weighted by atomic mass is 32.2. The van der Waals surface area contributed by atoms with Gasteiger partial charge >= 0.3 is 0 Å². The van der Waals surface area contributed by atoms with Crippen molar-refractivity contribution in [2.24, 2.45) is 5.73 Å². The van der Waals surface area contributed by atoms with Crippen LogP contribution in [0.25, 0.3) is 0 Å². The van der Waals surface area contributed by atoms with Crippen LogP contribution in [0.15, 0.2) is 18.2 Å². The molecular weight excluding hydrogens is 287 g/mol. The fraction of sp³-hybridized carbons (Fsp3) is 0.438. The third-order valence-electron chi connectivity index (χ3n) is 3.42. The summed E-state index contributed by atoms with van der Waals surface area (Å²) in [5.74, 6) is 5.95. The van der Waals surface area contributed by atoms with Gasteiger partial charge in [-0.15, -0.1) is 0 Å². The van der Waals surface area contributed by atoms with E-state index in [0.717, 1.165) is 25.3 Å². The maximum atomic E-state index is 13.4. The lowest BCUT2D eigenvalue weighted by atomic mass is 10.1. The Balaban J connectivity index is 2.26. The van der Waals surface area contributed by atoms with Gasteiger partial charge in [0.05, 0.1) is 12.1 Å². The van der Waals surface area contributed by atoms with Crippen LogP contribution >= 0.6 is 11.8 Å². The lowest BCUT2D eigenvalue weighted by Gasteiger charge is -2.32. The van der Waals surface area contributed by atoms with Crippen molar-refractivity contribution in [3.8, 4) is 11.8 Å². The molecule has 1 aromatic rings. The molecule has 1 atom stereocenters. The van der Waals surface area contributed by atoms with Gasteiger partial charge in [-0.1, -0.05) is 18.8 Å². The third-order valence-corrected chi connectivity index (χ3v) is 4.79. The number of nitrogens with zero attached hydrogens (tertiary/aromatic N) is 1. The molecule has 1 fully saturated rings. The van der Waals surface area contributed by atoms with Gasteiger partial charge in [0.25, 0.3) is 5.91 Å². The lowest BCUT2D eigenvalue weighted by molar-refractivity contribution is 0.0760. The first-order valence-electron chi connectivity index (χ1n) is 7.05. The van der Waals surface area contributed by atoms with Crippen molar-refractivity contribution in [1.82, 2.24) is 4.90 Å². The van der Waals surface area contributed by atoms with Gasteiger partial charge in [0, 0.05) is 29.7 Å². The largest absolute Gasteiger partial charge is 0.337 e. The molecule has 1 saturated heterocycles. The minimum atomic E-state index is -0.395. The zero-order valence-electron chi connectivity index (χ0n) is 12.1. The molecule has 0 aromatic heterocycles. The smallest absolute Gasteiger partial charge is 0.255 e. The second kappa shape index (κ2) is 7.48. The zero-order chi connectivity index (χ0) is 15.2. The summed E-state index contributed by atoms with van der Waals surface area (Å²) >= 11 is 1.90. The maximum absolute atomic E-state index is 13.4. The molecule has 1 unspecified atom stereocenters. The Morgan fingerprint density at radius 3 is 3.10 bits per heavy atom. The predicted octanol–water partition coefficient (Wildman–Crippen LogP) is 2.10. The summed E-state index contributed by atoms with van der Waals surface area (Å²) in [6.07, 6.45) is 1.04. The molecule has 21 heavy (non-hydrogen) atoms. The van der Waals surface area contributed by atoms with E-state index in [9.17, 15) is 9.18 Å².